The molecule has 0 saturated heterocycles. The first-order valence-electron chi connectivity index (χ1n) is 7.73. The van der Waals surface area contributed by atoms with Crippen LogP contribution in [0, 0.1) is 12.7 Å². The summed E-state index contributed by atoms with van der Waals surface area (Å²) in [6.07, 6.45) is 0.797. The Morgan fingerprint density at radius 3 is 2.76 bits per heavy atom. The number of nitrogens with zero attached hydrogens (tertiary/aromatic N) is 3. The van der Waals surface area contributed by atoms with Gasteiger partial charge in [-0.05, 0) is 37.3 Å². The van der Waals surface area contributed by atoms with Gasteiger partial charge in [-0.1, -0.05) is 28.1 Å². The van der Waals surface area contributed by atoms with E-state index in [1.54, 1.807) is 29.7 Å². The van der Waals surface area contributed by atoms with E-state index < -0.39 is 0 Å². The molecule has 0 spiro atoms. The molecule has 0 bridgehead atoms. The van der Waals surface area contributed by atoms with Gasteiger partial charge >= 0.3 is 0 Å². The summed E-state index contributed by atoms with van der Waals surface area (Å²) < 4.78 is 17.1. The fourth-order valence-corrected chi connectivity index (χ4v) is 3.49. The number of aromatic nitrogens is 2. The largest absolute Gasteiger partial charge is 0.296 e. The van der Waals surface area contributed by atoms with E-state index in [0.29, 0.717) is 28.5 Å². The van der Waals surface area contributed by atoms with Gasteiger partial charge in [0.15, 0.2) is 6.29 Å². The summed E-state index contributed by atoms with van der Waals surface area (Å²) in [6, 6.07) is 12.2. The minimum atomic E-state index is -0.335. The van der Waals surface area contributed by atoms with Crippen molar-refractivity contribution in [1.82, 2.24) is 9.55 Å². The van der Waals surface area contributed by atoms with E-state index >= 15 is 0 Å². The van der Waals surface area contributed by atoms with E-state index in [2.05, 4.69) is 25.9 Å². The van der Waals surface area contributed by atoms with Gasteiger partial charge in [-0.15, -0.1) is 0 Å². The zero-order chi connectivity index (χ0) is 17.6. The van der Waals surface area contributed by atoms with E-state index in [-0.39, 0.29) is 12.4 Å². The Morgan fingerprint density at radius 2 is 2.00 bits per heavy atom. The van der Waals surface area contributed by atoms with Crippen molar-refractivity contribution >= 4 is 27.9 Å². The molecule has 4 rings (SSSR count). The van der Waals surface area contributed by atoms with E-state index in [0.717, 1.165) is 22.0 Å². The number of imidazole rings is 1. The monoisotopic (exact) mass is 397 g/mol. The molecule has 0 amide bonds. The molecule has 0 N–H and O–H groups in total. The third kappa shape index (κ3) is 2.53. The maximum absolute atomic E-state index is 14.4. The highest BCUT2D eigenvalue weighted by Crippen LogP contribution is 2.30. The highest BCUT2D eigenvalue weighted by Gasteiger charge is 2.24. The van der Waals surface area contributed by atoms with Crippen LogP contribution in [0.1, 0.15) is 33.1 Å². The quantitative estimate of drug-likeness (QED) is 0.606. The molecule has 0 aliphatic carbocycles. The average molecular weight is 398 g/mol. The molecule has 1 aliphatic heterocycles. The molecule has 0 fully saturated rings. The van der Waals surface area contributed by atoms with Crippen LogP contribution >= 0.6 is 15.9 Å². The van der Waals surface area contributed by atoms with Gasteiger partial charge in [0.05, 0.1) is 23.6 Å². The van der Waals surface area contributed by atoms with Crippen molar-refractivity contribution in [1.29, 1.82) is 0 Å². The molecule has 2 heterocycles. The van der Waals surface area contributed by atoms with Gasteiger partial charge in [-0.25, -0.2) is 9.37 Å². The second-order valence-electron chi connectivity index (χ2n) is 5.76. The van der Waals surface area contributed by atoms with Crippen LogP contribution in [-0.2, 0) is 6.54 Å². The number of rotatable bonds is 2. The molecule has 4 nitrogen and oxygen atoms in total. The maximum Gasteiger partial charge on any atom is 0.168 e. The van der Waals surface area contributed by atoms with E-state index in [1.807, 2.05) is 18.2 Å². The van der Waals surface area contributed by atoms with Gasteiger partial charge in [0.25, 0.3) is 0 Å². The Morgan fingerprint density at radius 1 is 1.20 bits per heavy atom. The fraction of sp³-hybridized carbons (Fsp3) is 0.105. The minimum Gasteiger partial charge on any atom is -0.296 e. The number of carbonyl (C=O) groups is 1. The van der Waals surface area contributed by atoms with Crippen LogP contribution in [0.15, 0.2) is 51.9 Å². The Kier molecular flexibility index (Phi) is 3.84. The number of carbonyl (C=O) groups excluding carboxylic acids is 1. The minimum absolute atomic E-state index is 0.268. The second-order valence-corrected chi connectivity index (χ2v) is 6.67. The predicted octanol–water partition coefficient (Wildman–Crippen LogP) is 4.25. The third-order valence-corrected chi connectivity index (χ3v) is 4.73. The average Bonchev–Trinajstić information content (AvgIpc) is 2.84. The standard InChI is InChI=1S/C19H13BrFN3O/c1-11-17(10-25)24-16-7-6-12(20)8-14(16)19(22-9-18(24)23-11)13-4-2-3-5-15(13)21/h2-8,10H,9H2,1H3. The first-order valence-corrected chi connectivity index (χ1v) is 8.52. The second kappa shape index (κ2) is 6.04. The molecular weight excluding hydrogens is 385 g/mol. The number of hydrogen-bond acceptors (Lipinski definition) is 3. The van der Waals surface area contributed by atoms with Crippen molar-refractivity contribution in [3.8, 4) is 5.69 Å². The Bertz CT molecular complexity index is 1040. The molecule has 0 saturated carbocycles. The Hall–Kier alpha value is -2.60. The van der Waals surface area contributed by atoms with Crippen molar-refractivity contribution < 1.29 is 9.18 Å². The molecule has 0 atom stereocenters. The van der Waals surface area contributed by atoms with Gasteiger partial charge in [0.1, 0.15) is 17.3 Å². The molecule has 1 aromatic heterocycles. The van der Waals surface area contributed by atoms with Crippen LogP contribution in [0.4, 0.5) is 4.39 Å². The number of aldehydes is 1. The van der Waals surface area contributed by atoms with Crippen molar-refractivity contribution in [2.75, 3.05) is 0 Å². The molecule has 6 heteroatoms. The topological polar surface area (TPSA) is 47.2 Å². The molecule has 25 heavy (non-hydrogen) atoms. The van der Waals surface area contributed by atoms with Gasteiger partial charge in [-0.3, -0.25) is 14.4 Å². The lowest BCUT2D eigenvalue weighted by atomic mass is 10.00. The number of hydrogen-bond donors (Lipinski definition) is 0. The summed E-state index contributed by atoms with van der Waals surface area (Å²) >= 11 is 3.47. The number of benzene rings is 2. The number of halogens is 2. The normalized spacial score (nSPS) is 12.8. The molecule has 3 aromatic rings. The summed E-state index contributed by atoms with van der Waals surface area (Å²) in [6.45, 7) is 2.07. The van der Waals surface area contributed by atoms with Crippen LogP contribution in [0.5, 0.6) is 0 Å². The molecule has 2 aromatic carbocycles. The van der Waals surface area contributed by atoms with Crippen LogP contribution < -0.4 is 0 Å². The molecule has 0 radical (unpaired) electrons. The van der Waals surface area contributed by atoms with Gasteiger partial charge in [0, 0.05) is 15.6 Å². The van der Waals surface area contributed by atoms with Gasteiger partial charge in [-0.2, -0.15) is 0 Å². The Balaban J connectivity index is 2.04. The SMILES string of the molecule is Cc1nc2n(c1C=O)-c1ccc(Br)cc1C(c1ccccc1F)=NC2. The lowest BCUT2D eigenvalue weighted by Gasteiger charge is -2.14. The van der Waals surface area contributed by atoms with Crippen molar-refractivity contribution in [3.05, 3.63) is 81.1 Å². The Labute approximate surface area is 152 Å². The first kappa shape index (κ1) is 15.9. The predicted molar refractivity (Wildman–Crippen MR) is 97.1 cm³/mol. The zero-order valence-electron chi connectivity index (χ0n) is 13.3. The molecule has 1 aliphatic rings. The number of aliphatic imine (C=N–C) groups is 1. The number of fused-ring (bicyclic) bond motifs is 3. The zero-order valence-corrected chi connectivity index (χ0v) is 14.9. The van der Waals surface area contributed by atoms with Gasteiger partial charge in [0.2, 0.25) is 0 Å². The summed E-state index contributed by atoms with van der Waals surface area (Å²) in [5.74, 6) is 0.327. The molecule has 0 unspecified atom stereocenters. The third-order valence-electron chi connectivity index (χ3n) is 4.24. The lowest BCUT2D eigenvalue weighted by Crippen LogP contribution is -2.10. The first-order chi connectivity index (χ1) is 12.1. The smallest absolute Gasteiger partial charge is 0.168 e. The molecular formula is C19H13BrFN3O. The maximum atomic E-state index is 14.4. The molecule has 124 valence electrons. The summed E-state index contributed by atoms with van der Waals surface area (Å²) in [5, 5.41) is 0. The van der Waals surface area contributed by atoms with Crippen LogP contribution in [0.3, 0.4) is 0 Å². The fourth-order valence-electron chi connectivity index (χ4n) is 3.13. The summed E-state index contributed by atoms with van der Waals surface area (Å²) in [5.41, 5.74) is 3.64. The summed E-state index contributed by atoms with van der Waals surface area (Å²) in [7, 11) is 0. The van der Waals surface area contributed by atoms with E-state index in [4.69, 9.17) is 0 Å². The van der Waals surface area contributed by atoms with Crippen molar-refractivity contribution in [2.24, 2.45) is 4.99 Å². The highest BCUT2D eigenvalue weighted by atomic mass is 79.9. The summed E-state index contributed by atoms with van der Waals surface area (Å²) in [4.78, 5) is 20.7. The van der Waals surface area contributed by atoms with Crippen LogP contribution in [0.2, 0.25) is 0 Å². The van der Waals surface area contributed by atoms with Crippen LogP contribution in [-0.4, -0.2) is 21.5 Å². The van der Waals surface area contributed by atoms with Crippen molar-refractivity contribution in [3.63, 3.8) is 0 Å². The number of aryl methyl sites for hydroxylation is 1. The van der Waals surface area contributed by atoms with E-state index in [9.17, 15) is 9.18 Å². The van der Waals surface area contributed by atoms with Crippen LogP contribution in [0.25, 0.3) is 5.69 Å². The highest BCUT2D eigenvalue weighted by molar-refractivity contribution is 9.10. The van der Waals surface area contributed by atoms with Crippen molar-refractivity contribution in [2.45, 2.75) is 13.5 Å². The lowest BCUT2D eigenvalue weighted by molar-refractivity contribution is 0.111. The van der Waals surface area contributed by atoms with Gasteiger partial charge < -0.3 is 0 Å². The van der Waals surface area contributed by atoms with E-state index in [1.165, 1.54) is 6.07 Å².